The molecule has 1 amide bonds. The van der Waals surface area contributed by atoms with Crippen LogP contribution < -0.4 is 5.32 Å². The Balaban J connectivity index is 1.91. The number of carboxylic acid groups (broad SMARTS) is 1. The van der Waals surface area contributed by atoms with Crippen molar-refractivity contribution >= 4 is 23.0 Å². The summed E-state index contributed by atoms with van der Waals surface area (Å²) in [6, 6.07) is 0.0542. The third kappa shape index (κ3) is 2.69. The van der Waals surface area contributed by atoms with Gasteiger partial charge in [-0.05, 0) is 0 Å². The van der Waals surface area contributed by atoms with Crippen LogP contribution in [0.3, 0.4) is 0 Å². The molecule has 0 fully saturated rings. The molecule has 0 radical (unpaired) electrons. The number of hydrogen-bond acceptors (Lipinski definition) is 5. The van der Waals surface area contributed by atoms with Gasteiger partial charge in [0, 0.05) is 5.75 Å². The normalized spacial score (nSPS) is 20.0. The molecule has 0 unspecified atom stereocenters. The van der Waals surface area contributed by atoms with Crippen LogP contribution in [0, 0.1) is 0 Å². The van der Waals surface area contributed by atoms with E-state index in [9.17, 15) is 4.79 Å². The van der Waals surface area contributed by atoms with Gasteiger partial charge in [0.05, 0.1) is 12.6 Å². The predicted molar refractivity (Wildman–Crippen MR) is 54.9 cm³/mol. The molecular formula is C7H9N5O2S. The second-order valence-corrected chi connectivity index (χ2v) is 3.96. The molecule has 1 aliphatic heterocycles. The summed E-state index contributed by atoms with van der Waals surface area (Å²) in [5.74, 6) is 0.759. The molecule has 0 bridgehead atoms. The molecule has 1 aromatic heterocycles. The van der Waals surface area contributed by atoms with Crippen molar-refractivity contribution in [2.75, 3.05) is 5.75 Å². The van der Waals surface area contributed by atoms with Crippen molar-refractivity contribution in [3.8, 4) is 0 Å². The van der Waals surface area contributed by atoms with Crippen LogP contribution in [0.5, 0.6) is 0 Å². The molecule has 1 aromatic rings. The van der Waals surface area contributed by atoms with E-state index in [0.29, 0.717) is 11.7 Å². The van der Waals surface area contributed by atoms with E-state index in [0.717, 1.165) is 5.75 Å². The Bertz CT molecular complexity index is 377. The number of amides is 1. The Kier molecular flexibility index (Phi) is 2.86. The van der Waals surface area contributed by atoms with Gasteiger partial charge in [-0.2, -0.15) is 5.10 Å². The molecule has 2 rings (SSSR count). The summed E-state index contributed by atoms with van der Waals surface area (Å²) in [4.78, 5) is 18.4. The van der Waals surface area contributed by atoms with Crippen LogP contribution >= 0.6 is 11.8 Å². The second-order valence-electron chi connectivity index (χ2n) is 2.95. The first kappa shape index (κ1) is 9.97. The largest absolute Gasteiger partial charge is 0.465 e. The Morgan fingerprint density at radius 3 is 3.33 bits per heavy atom. The quantitative estimate of drug-likeness (QED) is 0.742. The monoisotopic (exact) mass is 227 g/mol. The minimum Gasteiger partial charge on any atom is -0.465 e. The number of hydrogen-bond donors (Lipinski definition) is 2. The van der Waals surface area contributed by atoms with Gasteiger partial charge in [-0.3, -0.25) is 15.0 Å². The molecular weight excluding hydrogens is 218 g/mol. The molecule has 1 aliphatic rings. The average molecular weight is 227 g/mol. The van der Waals surface area contributed by atoms with Crippen LogP contribution in [0.15, 0.2) is 17.6 Å². The summed E-state index contributed by atoms with van der Waals surface area (Å²) in [5.41, 5.74) is 0. The van der Waals surface area contributed by atoms with Crippen LogP contribution in [0.2, 0.25) is 0 Å². The molecule has 0 saturated heterocycles. The molecule has 15 heavy (non-hydrogen) atoms. The number of carbonyl (C=O) groups is 1. The van der Waals surface area contributed by atoms with E-state index >= 15 is 0 Å². The highest BCUT2D eigenvalue weighted by Crippen LogP contribution is 2.17. The molecule has 0 saturated carbocycles. The van der Waals surface area contributed by atoms with Crippen molar-refractivity contribution in [2.45, 2.75) is 12.6 Å². The molecule has 8 heteroatoms. The van der Waals surface area contributed by atoms with Crippen molar-refractivity contribution in [2.24, 2.45) is 4.99 Å². The lowest BCUT2D eigenvalue weighted by molar-refractivity contribution is 0.200. The van der Waals surface area contributed by atoms with E-state index in [2.05, 4.69) is 20.4 Å². The number of rotatable bonds is 2. The highest BCUT2D eigenvalue weighted by molar-refractivity contribution is 8.14. The first-order valence-corrected chi connectivity index (χ1v) is 5.25. The van der Waals surface area contributed by atoms with Crippen molar-refractivity contribution in [1.29, 1.82) is 0 Å². The third-order valence-corrected chi connectivity index (χ3v) is 2.82. The molecule has 7 nitrogen and oxygen atoms in total. The van der Waals surface area contributed by atoms with Gasteiger partial charge in [0.2, 0.25) is 0 Å². The minimum absolute atomic E-state index is 0.0542. The fraction of sp³-hybridized carbons (Fsp3) is 0.429. The second kappa shape index (κ2) is 4.30. The van der Waals surface area contributed by atoms with Crippen LogP contribution in [-0.4, -0.2) is 42.9 Å². The Labute approximate surface area is 89.6 Å². The van der Waals surface area contributed by atoms with Gasteiger partial charge in [0.15, 0.2) is 5.17 Å². The summed E-state index contributed by atoms with van der Waals surface area (Å²) < 4.78 is 1.68. The fourth-order valence-electron chi connectivity index (χ4n) is 1.21. The SMILES string of the molecule is O=C(O)NC1=N[C@@H](Cn2cncn2)CS1. The lowest BCUT2D eigenvalue weighted by Crippen LogP contribution is -2.25. The van der Waals surface area contributed by atoms with Crippen molar-refractivity contribution in [1.82, 2.24) is 20.1 Å². The van der Waals surface area contributed by atoms with Crippen LogP contribution in [-0.2, 0) is 6.54 Å². The van der Waals surface area contributed by atoms with Crippen LogP contribution in [0.25, 0.3) is 0 Å². The zero-order valence-electron chi connectivity index (χ0n) is 7.70. The highest BCUT2D eigenvalue weighted by Gasteiger charge is 2.19. The number of nitrogens with one attached hydrogen (secondary N) is 1. The van der Waals surface area contributed by atoms with E-state index < -0.39 is 6.09 Å². The van der Waals surface area contributed by atoms with Gasteiger partial charge in [-0.1, -0.05) is 11.8 Å². The standard InChI is InChI=1S/C7H9N5O2S/c13-7(14)11-6-10-5(2-15-6)1-12-4-8-3-9-12/h3-5H,1-2H2,(H,10,11)(H,13,14)/t5-/m0/s1. The summed E-state index contributed by atoms with van der Waals surface area (Å²) in [6.45, 7) is 0.623. The maximum absolute atomic E-state index is 10.3. The van der Waals surface area contributed by atoms with Crippen LogP contribution in [0.1, 0.15) is 0 Å². The summed E-state index contributed by atoms with van der Waals surface area (Å²) in [7, 11) is 0. The topological polar surface area (TPSA) is 92.4 Å². The molecule has 80 valence electrons. The van der Waals surface area contributed by atoms with Gasteiger partial charge in [-0.15, -0.1) is 0 Å². The maximum Gasteiger partial charge on any atom is 0.410 e. The van der Waals surface area contributed by atoms with Crippen molar-refractivity contribution in [3.05, 3.63) is 12.7 Å². The average Bonchev–Trinajstić information content (AvgIpc) is 2.77. The van der Waals surface area contributed by atoms with E-state index in [1.54, 1.807) is 11.0 Å². The first-order chi connectivity index (χ1) is 7.24. The minimum atomic E-state index is -1.08. The lowest BCUT2D eigenvalue weighted by atomic mass is 10.3. The number of thioether (sulfide) groups is 1. The Hall–Kier alpha value is -1.57. The summed E-state index contributed by atoms with van der Waals surface area (Å²) >= 11 is 1.40. The molecule has 2 heterocycles. The van der Waals surface area contributed by atoms with Gasteiger partial charge < -0.3 is 5.11 Å². The zero-order valence-corrected chi connectivity index (χ0v) is 8.52. The molecule has 0 aliphatic carbocycles. The number of aromatic nitrogens is 3. The van der Waals surface area contributed by atoms with E-state index in [4.69, 9.17) is 5.11 Å². The van der Waals surface area contributed by atoms with E-state index in [-0.39, 0.29) is 6.04 Å². The number of aliphatic imine (C=N–C) groups is 1. The van der Waals surface area contributed by atoms with Gasteiger partial charge in [-0.25, -0.2) is 9.78 Å². The zero-order chi connectivity index (χ0) is 10.7. The van der Waals surface area contributed by atoms with Crippen molar-refractivity contribution in [3.63, 3.8) is 0 Å². The van der Waals surface area contributed by atoms with Crippen molar-refractivity contribution < 1.29 is 9.90 Å². The smallest absolute Gasteiger partial charge is 0.410 e. The fourth-order valence-corrected chi connectivity index (χ4v) is 2.13. The summed E-state index contributed by atoms with van der Waals surface area (Å²) in [6.07, 6.45) is 1.99. The predicted octanol–water partition coefficient (Wildman–Crippen LogP) is 0.0171. The van der Waals surface area contributed by atoms with Crippen LogP contribution in [0.4, 0.5) is 4.79 Å². The molecule has 1 atom stereocenters. The Morgan fingerprint density at radius 1 is 1.80 bits per heavy atom. The highest BCUT2D eigenvalue weighted by atomic mass is 32.2. The third-order valence-electron chi connectivity index (χ3n) is 1.79. The lowest BCUT2D eigenvalue weighted by Gasteiger charge is -2.03. The molecule has 0 aromatic carbocycles. The molecule has 0 spiro atoms. The number of amidine groups is 1. The maximum atomic E-state index is 10.3. The van der Waals surface area contributed by atoms with Gasteiger partial charge in [0.1, 0.15) is 12.7 Å². The van der Waals surface area contributed by atoms with Gasteiger partial charge in [0.25, 0.3) is 0 Å². The van der Waals surface area contributed by atoms with Gasteiger partial charge >= 0.3 is 6.09 Å². The van der Waals surface area contributed by atoms with E-state index in [1.165, 1.54) is 18.1 Å². The number of nitrogens with zero attached hydrogens (tertiary/aromatic N) is 4. The van der Waals surface area contributed by atoms with E-state index in [1.807, 2.05) is 0 Å². The summed E-state index contributed by atoms with van der Waals surface area (Å²) in [5, 5.41) is 15.1. The first-order valence-electron chi connectivity index (χ1n) is 4.27. The molecule has 2 N–H and O–H groups in total. The Morgan fingerprint density at radius 2 is 2.67 bits per heavy atom.